The van der Waals surface area contributed by atoms with Gasteiger partial charge in [-0.2, -0.15) is 9.10 Å². The van der Waals surface area contributed by atoms with E-state index in [1.165, 1.54) is 35.5 Å². The second kappa shape index (κ2) is 21.3. The minimum absolute atomic E-state index is 0.109. The second-order valence-corrected chi connectivity index (χ2v) is 29.1. The summed E-state index contributed by atoms with van der Waals surface area (Å²) >= 11 is 0.983. The molecule has 2 heterocycles. The van der Waals surface area contributed by atoms with Crippen LogP contribution >= 0.6 is 11.3 Å². The zero-order valence-electron chi connectivity index (χ0n) is 40.7. The highest BCUT2D eigenvalue weighted by Crippen LogP contribution is 2.45. The van der Waals surface area contributed by atoms with Gasteiger partial charge in [-0.15, -0.1) is 10.2 Å². The van der Waals surface area contributed by atoms with Crippen molar-refractivity contribution in [2.75, 3.05) is 27.1 Å². The smallest absolute Gasteiger partial charge is 0.424 e. The molecule has 5 aromatic carbocycles. The van der Waals surface area contributed by atoms with Crippen LogP contribution in [0.15, 0.2) is 113 Å². The van der Waals surface area contributed by atoms with Crippen molar-refractivity contribution >= 4 is 61.7 Å². The van der Waals surface area contributed by atoms with E-state index >= 15 is 8.42 Å². The van der Waals surface area contributed by atoms with Gasteiger partial charge < -0.3 is 23.7 Å². The van der Waals surface area contributed by atoms with Gasteiger partial charge in [-0.25, -0.2) is 36.7 Å². The normalized spacial score (nSPS) is 12.2. The molecule has 0 spiro atoms. The van der Waals surface area contributed by atoms with Gasteiger partial charge in [-0.3, -0.25) is 0 Å². The van der Waals surface area contributed by atoms with Crippen LogP contribution in [0.5, 0.6) is 22.4 Å². The largest absolute Gasteiger partial charge is 0.497 e. The fraction of sp³-hybridized carbons (Fsp3) is 0.306. The molecule has 18 nitrogen and oxygen atoms in total. The number of fused-ring (bicyclic) bond motifs is 1. The van der Waals surface area contributed by atoms with Crippen LogP contribution in [-0.2, 0) is 44.2 Å². The van der Waals surface area contributed by atoms with Crippen molar-refractivity contribution in [3.05, 3.63) is 120 Å². The van der Waals surface area contributed by atoms with E-state index in [2.05, 4.69) is 15.3 Å². The van der Waals surface area contributed by atoms with Crippen molar-refractivity contribution in [2.45, 2.75) is 81.5 Å². The highest BCUT2D eigenvalue weighted by molar-refractivity contribution is 7.93. The molecule has 71 heavy (non-hydrogen) atoms. The third kappa shape index (κ3) is 13.0. The van der Waals surface area contributed by atoms with Crippen LogP contribution in [-0.4, -0.2) is 99.3 Å². The number of hydrogen-bond acceptors (Lipinski definition) is 16. The molecule has 7 aromatic rings. The molecule has 0 bridgehead atoms. The zero-order chi connectivity index (χ0) is 51.3. The number of sulfonamides is 1. The maximum atomic E-state index is 16.2. The summed E-state index contributed by atoms with van der Waals surface area (Å²) in [5, 5.41) is 15.4. The summed E-state index contributed by atoms with van der Waals surface area (Å²) in [5.41, 5.74) is 1.67. The number of benzene rings is 5. The molecule has 374 valence electrons. The monoisotopic (exact) mass is 1040 g/mol. The van der Waals surface area contributed by atoms with Gasteiger partial charge in [0.1, 0.15) is 27.7 Å². The Morgan fingerprint density at radius 1 is 0.732 bits per heavy atom. The summed E-state index contributed by atoms with van der Waals surface area (Å²) in [6, 6.07) is 29.3. The first-order valence-electron chi connectivity index (χ1n) is 22.2. The highest BCUT2D eigenvalue weighted by Gasteiger charge is 2.38. The first-order valence-corrected chi connectivity index (χ1v) is 29.9. The quantitative estimate of drug-likeness (QED) is 0.0792. The predicted molar refractivity (Wildman–Crippen MR) is 272 cm³/mol. The van der Waals surface area contributed by atoms with E-state index in [4.69, 9.17) is 28.8 Å². The topological polar surface area (TPSA) is 220 Å². The molecule has 2 aromatic heterocycles. The van der Waals surface area contributed by atoms with Crippen molar-refractivity contribution in [2.24, 2.45) is 0 Å². The number of carbonyl (C=O) groups excluding carboxylic acids is 2. The number of aromatic nitrogens is 5. The summed E-state index contributed by atoms with van der Waals surface area (Å²) in [6.45, 7) is 10.8. The number of para-hydroxylation sites is 1. The Labute approximate surface area is 417 Å². The Morgan fingerprint density at radius 3 is 1.83 bits per heavy atom. The van der Waals surface area contributed by atoms with Crippen LogP contribution in [0.1, 0.15) is 37.5 Å². The Bertz CT molecular complexity index is 3210. The van der Waals surface area contributed by atoms with Gasteiger partial charge in [-0.1, -0.05) is 85.6 Å². The summed E-state index contributed by atoms with van der Waals surface area (Å²) in [6.07, 6.45) is -2.17. The minimum Gasteiger partial charge on any atom is -0.497 e. The minimum atomic E-state index is -4.92. The van der Waals surface area contributed by atoms with Gasteiger partial charge in [0.05, 0.1) is 54.3 Å². The number of amides is 2. The summed E-state index contributed by atoms with van der Waals surface area (Å²) in [4.78, 5) is 30.2. The lowest BCUT2D eigenvalue weighted by Gasteiger charge is -2.26. The molecule has 0 aliphatic carbocycles. The summed E-state index contributed by atoms with van der Waals surface area (Å²) in [5.74, 6) is 1.23. The molecular weight excluding hydrogens is 987 g/mol. The van der Waals surface area contributed by atoms with Gasteiger partial charge >= 0.3 is 12.2 Å². The molecule has 0 aliphatic heterocycles. The predicted octanol–water partition coefficient (Wildman–Crippen LogP) is 9.22. The van der Waals surface area contributed by atoms with Crippen LogP contribution in [0.3, 0.4) is 0 Å². The van der Waals surface area contributed by atoms with E-state index in [-0.39, 0.29) is 53.0 Å². The SMILES string of the molecule is COc1ccc(CN(Cc2ccc(OC)cc2)S(=O)(=O)c2c(S(=O)(=O)CC[Si](C)(C)C)ccc(-c3cccc4sc(OC(=O)NC(=O)OC(C)(C)C)nc34)c2-c2nnn(Cc3ccc(OC)cc3)n2)cc1. The number of ether oxygens (including phenoxy) is 5. The number of carbonyl (C=O) groups is 2. The Kier molecular flexibility index (Phi) is 15.7. The van der Waals surface area contributed by atoms with Crippen LogP contribution < -0.4 is 24.3 Å². The van der Waals surface area contributed by atoms with Crippen molar-refractivity contribution < 1.29 is 50.1 Å². The number of sulfone groups is 1. The van der Waals surface area contributed by atoms with E-state index in [0.29, 0.717) is 44.7 Å². The molecule has 1 N–H and O–H groups in total. The van der Waals surface area contributed by atoms with Crippen molar-refractivity contribution in [3.8, 4) is 45.0 Å². The summed E-state index contributed by atoms with van der Waals surface area (Å²) in [7, 11) is -6.70. The molecule has 0 aliphatic rings. The van der Waals surface area contributed by atoms with E-state index in [1.54, 1.807) is 107 Å². The van der Waals surface area contributed by atoms with Crippen molar-refractivity contribution in [3.63, 3.8) is 0 Å². The van der Waals surface area contributed by atoms with Gasteiger partial charge in [-0.05, 0) is 103 Å². The molecule has 2 amide bonds. The lowest BCUT2D eigenvalue weighted by atomic mass is 9.98. The third-order valence-electron chi connectivity index (χ3n) is 10.8. The van der Waals surface area contributed by atoms with Crippen molar-refractivity contribution in [1.29, 1.82) is 0 Å². The molecule has 7 rings (SSSR count). The van der Waals surface area contributed by atoms with Gasteiger partial charge in [0.25, 0.3) is 5.19 Å². The van der Waals surface area contributed by atoms with Crippen LogP contribution in [0.25, 0.3) is 32.7 Å². The van der Waals surface area contributed by atoms with E-state index < -0.39 is 55.5 Å². The number of nitrogens with one attached hydrogen (secondary N) is 1. The fourth-order valence-corrected chi connectivity index (χ4v) is 14.9. The number of thiazole rings is 1. The number of hydrogen-bond donors (Lipinski definition) is 1. The Balaban J connectivity index is 1.48. The fourth-order valence-electron chi connectivity index (χ4n) is 7.27. The van der Waals surface area contributed by atoms with E-state index in [9.17, 15) is 18.0 Å². The molecule has 0 atom stereocenters. The molecular formula is C49H55N7O11S3Si. The maximum Gasteiger partial charge on any atom is 0.424 e. The van der Waals surface area contributed by atoms with Crippen LogP contribution in [0.2, 0.25) is 25.7 Å². The number of methoxy groups -OCH3 is 3. The molecule has 0 fully saturated rings. The van der Waals surface area contributed by atoms with E-state index in [0.717, 1.165) is 16.9 Å². The lowest BCUT2D eigenvalue weighted by molar-refractivity contribution is 0.0533. The summed E-state index contributed by atoms with van der Waals surface area (Å²) < 4.78 is 90.8. The average molecular weight is 1040 g/mol. The average Bonchev–Trinajstić information content (AvgIpc) is 3.96. The molecule has 22 heteroatoms. The number of tetrazole rings is 1. The molecule has 0 saturated heterocycles. The number of imide groups is 1. The van der Waals surface area contributed by atoms with Gasteiger partial charge in [0, 0.05) is 26.7 Å². The van der Waals surface area contributed by atoms with Crippen molar-refractivity contribution in [1.82, 2.24) is 34.8 Å². The number of nitrogens with zero attached hydrogens (tertiary/aromatic N) is 6. The van der Waals surface area contributed by atoms with Crippen LogP contribution in [0.4, 0.5) is 9.59 Å². The third-order valence-corrected chi connectivity index (χ3v) is 17.6. The van der Waals surface area contributed by atoms with Crippen LogP contribution in [0, 0.1) is 0 Å². The lowest BCUT2D eigenvalue weighted by Crippen LogP contribution is -2.37. The number of rotatable bonds is 18. The maximum absolute atomic E-state index is 16.2. The second-order valence-electron chi connectivity index (χ2n) is 18.6. The highest BCUT2D eigenvalue weighted by atomic mass is 32.2. The Morgan fingerprint density at radius 2 is 1.30 bits per heavy atom. The first-order chi connectivity index (χ1) is 33.5. The van der Waals surface area contributed by atoms with Gasteiger partial charge in [0.15, 0.2) is 9.84 Å². The molecule has 0 saturated carbocycles. The first kappa shape index (κ1) is 52.1. The molecule has 0 unspecified atom stereocenters. The Hall–Kier alpha value is -6.72. The number of alkyl carbamates (subject to hydrolysis) is 1. The zero-order valence-corrected chi connectivity index (χ0v) is 44.2. The van der Waals surface area contributed by atoms with E-state index in [1.807, 2.05) is 37.1 Å². The standard InChI is InChI=1S/C49H55N7O11S3Si/c1-49(2,3)67-47(58)51-46(57)66-48-50-43-39(11-10-12-40(43)68-48)38-25-26-41(69(59,60)27-28-71(7,8)9)44(42(38)45-52-54-56(53-45)31-34-17-23-37(65-6)24-18-34)70(61,62)55(29-32-13-19-35(63-4)20-14-32)30-33-15-21-36(64-5)22-16-33/h10-26H,27-31H2,1-9H3,(H,51,57,58). The molecule has 0 radical (unpaired) electrons. The van der Waals surface area contributed by atoms with Gasteiger partial charge in [0.2, 0.25) is 15.8 Å².